The first-order chi connectivity index (χ1) is 9.04. The molecule has 0 heterocycles. The van der Waals surface area contributed by atoms with Crippen molar-refractivity contribution in [2.45, 2.75) is 45.6 Å². The van der Waals surface area contributed by atoms with Gasteiger partial charge in [0.25, 0.3) is 0 Å². The number of amides is 1. The molecule has 2 N–H and O–H groups in total. The second-order valence-electron chi connectivity index (χ2n) is 5.92. The van der Waals surface area contributed by atoms with Gasteiger partial charge in [-0.3, -0.25) is 4.79 Å². The Hall–Kier alpha value is -1.51. The van der Waals surface area contributed by atoms with Crippen molar-refractivity contribution in [3.8, 4) is 5.75 Å². The Morgan fingerprint density at radius 2 is 2.16 bits per heavy atom. The van der Waals surface area contributed by atoms with Crippen molar-refractivity contribution in [1.29, 1.82) is 0 Å². The van der Waals surface area contributed by atoms with Crippen LogP contribution in [0.2, 0.25) is 0 Å². The Labute approximate surface area is 115 Å². The lowest BCUT2D eigenvalue weighted by Crippen LogP contribution is -2.43. The summed E-state index contributed by atoms with van der Waals surface area (Å²) >= 11 is 0. The number of hydrogen-bond acceptors (Lipinski definition) is 2. The van der Waals surface area contributed by atoms with Gasteiger partial charge in [0.05, 0.1) is 6.42 Å². The molecule has 0 spiro atoms. The largest absolute Gasteiger partial charge is 0.508 e. The van der Waals surface area contributed by atoms with Crippen LogP contribution in [-0.2, 0) is 11.2 Å². The third kappa shape index (κ3) is 3.98. The van der Waals surface area contributed by atoms with Gasteiger partial charge in [0.15, 0.2) is 0 Å². The first kappa shape index (κ1) is 13.9. The zero-order chi connectivity index (χ0) is 13.8. The number of nitrogens with one attached hydrogen (secondary N) is 1. The molecular formula is C16H23NO2. The maximum Gasteiger partial charge on any atom is 0.224 e. The summed E-state index contributed by atoms with van der Waals surface area (Å²) < 4.78 is 0. The molecule has 1 aliphatic rings. The van der Waals surface area contributed by atoms with Crippen LogP contribution in [-0.4, -0.2) is 17.1 Å². The normalized spacial score (nSPS) is 26.9. The number of carbonyl (C=O) groups excluding carboxylic acids is 1. The standard InChI is InChI=1S/C16H23NO2/c1-11-6-7-15(12(2)8-11)17-16(19)10-13-4-3-5-14(18)9-13/h3-5,9,11-12,15,18H,6-8,10H2,1-2H3,(H,17,19). The highest BCUT2D eigenvalue weighted by Gasteiger charge is 2.26. The topological polar surface area (TPSA) is 49.3 Å². The molecule has 0 radical (unpaired) electrons. The van der Waals surface area contributed by atoms with Crippen molar-refractivity contribution >= 4 is 5.91 Å². The molecular weight excluding hydrogens is 238 g/mol. The number of aromatic hydroxyl groups is 1. The van der Waals surface area contributed by atoms with E-state index in [1.165, 1.54) is 12.8 Å². The lowest BCUT2D eigenvalue weighted by atomic mass is 9.80. The van der Waals surface area contributed by atoms with Crippen molar-refractivity contribution in [2.75, 3.05) is 0 Å². The van der Waals surface area contributed by atoms with Gasteiger partial charge in [-0.1, -0.05) is 26.0 Å². The fraction of sp³-hybridized carbons (Fsp3) is 0.562. The molecule has 104 valence electrons. The molecule has 3 unspecified atom stereocenters. The highest BCUT2D eigenvalue weighted by atomic mass is 16.3. The van der Waals surface area contributed by atoms with E-state index in [4.69, 9.17) is 0 Å². The molecule has 1 amide bonds. The molecule has 1 fully saturated rings. The highest BCUT2D eigenvalue weighted by molar-refractivity contribution is 5.79. The molecule has 0 bridgehead atoms. The van der Waals surface area contributed by atoms with Crippen molar-refractivity contribution in [2.24, 2.45) is 11.8 Å². The van der Waals surface area contributed by atoms with Gasteiger partial charge in [-0.2, -0.15) is 0 Å². The summed E-state index contributed by atoms with van der Waals surface area (Å²) in [7, 11) is 0. The Kier molecular flexibility index (Phi) is 4.46. The summed E-state index contributed by atoms with van der Waals surface area (Å²) in [4.78, 5) is 12.0. The number of phenols is 1. The molecule has 1 aliphatic carbocycles. The van der Waals surface area contributed by atoms with Gasteiger partial charge in [0.1, 0.15) is 5.75 Å². The lowest BCUT2D eigenvalue weighted by Gasteiger charge is -2.33. The highest BCUT2D eigenvalue weighted by Crippen LogP contribution is 2.28. The molecule has 1 aromatic rings. The monoisotopic (exact) mass is 261 g/mol. The van der Waals surface area contributed by atoms with Gasteiger partial charge in [0, 0.05) is 6.04 Å². The average Bonchev–Trinajstić information content (AvgIpc) is 2.33. The zero-order valence-electron chi connectivity index (χ0n) is 11.7. The van der Waals surface area contributed by atoms with E-state index in [1.807, 2.05) is 6.07 Å². The van der Waals surface area contributed by atoms with Crippen LogP contribution in [0.15, 0.2) is 24.3 Å². The third-order valence-corrected chi connectivity index (χ3v) is 4.05. The van der Waals surface area contributed by atoms with Gasteiger partial charge < -0.3 is 10.4 Å². The zero-order valence-corrected chi connectivity index (χ0v) is 11.7. The molecule has 1 aromatic carbocycles. The van der Waals surface area contributed by atoms with Gasteiger partial charge in [-0.05, 0) is 48.8 Å². The van der Waals surface area contributed by atoms with Crippen LogP contribution in [0, 0.1) is 11.8 Å². The smallest absolute Gasteiger partial charge is 0.224 e. The molecule has 2 rings (SSSR count). The minimum absolute atomic E-state index is 0.0528. The fourth-order valence-electron chi connectivity index (χ4n) is 2.99. The van der Waals surface area contributed by atoms with Crippen LogP contribution in [0.1, 0.15) is 38.7 Å². The van der Waals surface area contributed by atoms with E-state index < -0.39 is 0 Å². The van der Waals surface area contributed by atoms with Crippen molar-refractivity contribution in [3.63, 3.8) is 0 Å². The van der Waals surface area contributed by atoms with E-state index in [0.717, 1.165) is 17.9 Å². The molecule has 0 saturated heterocycles. The van der Waals surface area contributed by atoms with E-state index in [9.17, 15) is 9.90 Å². The first-order valence-electron chi connectivity index (χ1n) is 7.12. The van der Waals surface area contributed by atoms with E-state index >= 15 is 0 Å². The van der Waals surface area contributed by atoms with Crippen molar-refractivity contribution in [1.82, 2.24) is 5.32 Å². The second-order valence-corrected chi connectivity index (χ2v) is 5.92. The van der Waals surface area contributed by atoms with Crippen LogP contribution in [0.5, 0.6) is 5.75 Å². The molecule has 0 aliphatic heterocycles. The summed E-state index contributed by atoms with van der Waals surface area (Å²) in [6.07, 6.45) is 3.81. The number of phenolic OH excluding ortho intramolecular Hbond substituents is 1. The minimum Gasteiger partial charge on any atom is -0.508 e. The Bertz CT molecular complexity index is 444. The molecule has 1 saturated carbocycles. The molecule has 3 nitrogen and oxygen atoms in total. The summed E-state index contributed by atoms with van der Waals surface area (Å²) in [5, 5.41) is 12.5. The van der Waals surface area contributed by atoms with E-state index in [2.05, 4.69) is 19.2 Å². The molecule has 3 atom stereocenters. The van der Waals surface area contributed by atoms with Crippen molar-refractivity contribution < 1.29 is 9.90 Å². The third-order valence-electron chi connectivity index (χ3n) is 4.05. The minimum atomic E-state index is 0.0528. The summed E-state index contributed by atoms with van der Waals surface area (Å²) in [5.74, 6) is 1.59. The van der Waals surface area contributed by atoms with Gasteiger partial charge in [0.2, 0.25) is 5.91 Å². The van der Waals surface area contributed by atoms with Crippen LogP contribution >= 0.6 is 0 Å². The van der Waals surface area contributed by atoms with Gasteiger partial charge >= 0.3 is 0 Å². The summed E-state index contributed by atoms with van der Waals surface area (Å²) in [6, 6.07) is 7.20. The molecule has 0 aromatic heterocycles. The average molecular weight is 261 g/mol. The summed E-state index contributed by atoms with van der Waals surface area (Å²) in [5.41, 5.74) is 0.856. The van der Waals surface area contributed by atoms with Gasteiger partial charge in [-0.15, -0.1) is 0 Å². The Morgan fingerprint density at radius 1 is 1.37 bits per heavy atom. The van der Waals surface area contributed by atoms with Gasteiger partial charge in [-0.25, -0.2) is 0 Å². The second kappa shape index (κ2) is 6.09. The Balaban J connectivity index is 1.87. The van der Waals surface area contributed by atoms with Crippen molar-refractivity contribution in [3.05, 3.63) is 29.8 Å². The van der Waals surface area contributed by atoms with Crippen LogP contribution in [0.3, 0.4) is 0 Å². The summed E-state index contributed by atoms with van der Waals surface area (Å²) in [6.45, 7) is 4.50. The van der Waals surface area contributed by atoms with Crippen LogP contribution < -0.4 is 5.32 Å². The maximum absolute atomic E-state index is 12.0. The first-order valence-corrected chi connectivity index (χ1v) is 7.12. The number of rotatable bonds is 3. The quantitative estimate of drug-likeness (QED) is 0.879. The molecule has 3 heteroatoms. The van der Waals surface area contributed by atoms with Crippen LogP contribution in [0.4, 0.5) is 0 Å². The molecule has 19 heavy (non-hydrogen) atoms. The van der Waals surface area contributed by atoms with E-state index in [0.29, 0.717) is 18.4 Å². The van der Waals surface area contributed by atoms with E-state index in [1.54, 1.807) is 18.2 Å². The van der Waals surface area contributed by atoms with E-state index in [-0.39, 0.29) is 11.7 Å². The van der Waals surface area contributed by atoms with Crippen LogP contribution in [0.25, 0.3) is 0 Å². The predicted molar refractivity (Wildman–Crippen MR) is 75.9 cm³/mol. The lowest BCUT2D eigenvalue weighted by molar-refractivity contribution is -0.121. The maximum atomic E-state index is 12.0. The number of benzene rings is 1. The SMILES string of the molecule is CC1CCC(NC(=O)Cc2cccc(O)c2)C(C)C1. The Morgan fingerprint density at radius 3 is 2.84 bits per heavy atom. The fourth-order valence-corrected chi connectivity index (χ4v) is 2.99. The number of hydrogen-bond donors (Lipinski definition) is 2. The number of carbonyl (C=O) groups is 1. The predicted octanol–water partition coefficient (Wildman–Crippen LogP) is 2.88.